The van der Waals surface area contributed by atoms with Crippen LogP contribution in [0.5, 0.6) is 5.75 Å². The molecule has 184 valence electrons. The molecule has 2 saturated heterocycles. The van der Waals surface area contributed by atoms with Crippen molar-refractivity contribution >= 4 is 40.7 Å². The number of aromatic nitrogens is 1. The normalized spacial score (nSPS) is 21.7. The Balaban J connectivity index is 1.36. The third-order valence-electron chi connectivity index (χ3n) is 6.95. The third-order valence-corrected chi connectivity index (χ3v) is 6.95. The summed E-state index contributed by atoms with van der Waals surface area (Å²) in [5.41, 5.74) is 0.474. The molecule has 5 heterocycles. The Hall–Kier alpha value is -4.41. The maximum Gasteiger partial charge on any atom is 0.322 e. The van der Waals surface area contributed by atoms with Gasteiger partial charge >= 0.3 is 6.03 Å². The molecule has 11 nitrogen and oxygen atoms in total. The van der Waals surface area contributed by atoms with Crippen molar-refractivity contribution in [3.8, 4) is 5.75 Å². The van der Waals surface area contributed by atoms with Crippen LogP contribution in [-0.2, 0) is 21.7 Å². The van der Waals surface area contributed by atoms with Crippen molar-refractivity contribution in [1.29, 1.82) is 0 Å². The van der Waals surface area contributed by atoms with E-state index in [2.05, 4.69) is 15.6 Å². The van der Waals surface area contributed by atoms with E-state index in [1.54, 1.807) is 41.3 Å². The number of pyridine rings is 1. The minimum Gasteiger partial charge on any atom is -0.497 e. The van der Waals surface area contributed by atoms with Gasteiger partial charge < -0.3 is 19.4 Å². The number of anilines is 1. The number of ether oxygens (including phenoxy) is 1. The number of hydrogen-bond acceptors (Lipinski definition) is 7. The molecular weight excluding hydrogens is 466 g/mol. The van der Waals surface area contributed by atoms with Gasteiger partial charge in [0.25, 0.3) is 11.8 Å². The first-order chi connectivity index (χ1) is 17.4. The fourth-order valence-electron chi connectivity index (χ4n) is 5.06. The van der Waals surface area contributed by atoms with Crippen molar-refractivity contribution in [2.24, 2.45) is 0 Å². The minimum atomic E-state index is -1.64. The molecule has 2 N–H and O–H groups in total. The van der Waals surface area contributed by atoms with Gasteiger partial charge in [0.15, 0.2) is 11.1 Å². The summed E-state index contributed by atoms with van der Waals surface area (Å²) in [7, 11) is 1.52. The summed E-state index contributed by atoms with van der Waals surface area (Å²) in [5, 5.41) is 4.94. The van der Waals surface area contributed by atoms with Gasteiger partial charge in [0.1, 0.15) is 22.8 Å². The van der Waals surface area contributed by atoms with E-state index < -0.39 is 17.5 Å². The van der Waals surface area contributed by atoms with Crippen molar-refractivity contribution in [3.63, 3.8) is 0 Å². The number of methoxy groups -OCH3 is 1. The highest BCUT2D eigenvalue weighted by atomic mass is 16.5. The number of urea groups is 1. The van der Waals surface area contributed by atoms with Crippen LogP contribution in [0.4, 0.5) is 10.6 Å². The number of nitrogens with one attached hydrogen (secondary N) is 2. The molecule has 3 aliphatic heterocycles. The Bertz CT molecular complexity index is 1450. The van der Waals surface area contributed by atoms with Gasteiger partial charge in [0.05, 0.1) is 13.7 Å². The molecule has 3 aliphatic rings. The van der Waals surface area contributed by atoms with Crippen LogP contribution < -0.4 is 20.3 Å². The predicted octanol–water partition coefficient (Wildman–Crippen LogP) is 2.04. The van der Waals surface area contributed by atoms with E-state index in [1.807, 2.05) is 0 Å². The fraction of sp³-hybridized carbons (Fsp3) is 0.320. The summed E-state index contributed by atoms with van der Waals surface area (Å²) in [6, 6.07) is 9.52. The Morgan fingerprint density at radius 3 is 2.72 bits per heavy atom. The van der Waals surface area contributed by atoms with Crippen LogP contribution >= 0.6 is 0 Å². The van der Waals surface area contributed by atoms with E-state index in [1.165, 1.54) is 12.0 Å². The summed E-state index contributed by atoms with van der Waals surface area (Å²) in [6.07, 6.45) is 2.23. The highest BCUT2D eigenvalue weighted by molar-refractivity contribution is 6.08. The molecule has 11 heteroatoms. The van der Waals surface area contributed by atoms with Gasteiger partial charge in [-0.3, -0.25) is 24.6 Å². The third kappa shape index (κ3) is 3.38. The van der Waals surface area contributed by atoms with Crippen LogP contribution in [0.2, 0.25) is 0 Å². The van der Waals surface area contributed by atoms with E-state index in [4.69, 9.17) is 9.15 Å². The average molecular weight is 489 g/mol. The first-order valence-corrected chi connectivity index (χ1v) is 11.7. The van der Waals surface area contributed by atoms with Gasteiger partial charge in [0, 0.05) is 31.1 Å². The number of hydrogen-bond donors (Lipinski definition) is 2. The molecule has 1 aromatic carbocycles. The Morgan fingerprint density at radius 1 is 1.11 bits per heavy atom. The fourth-order valence-corrected chi connectivity index (χ4v) is 5.06. The van der Waals surface area contributed by atoms with Crippen LogP contribution in [0.3, 0.4) is 0 Å². The molecular formula is C25H23N5O6. The zero-order chi connectivity index (χ0) is 25.0. The molecule has 0 saturated carbocycles. The van der Waals surface area contributed by atoms with E-state index in [0.29, 0.717) is 41.2 Å². The molecule has 36 heavy (non-hydrogen) atoms. The number of carbonyl (C=O) groups is 4. The maximum atomic E-state index is 13.2. The van der Waals surface area contributed by atoms with Gasteiger partial charge in [-0.2, -0.15) is 0 Å². The number of fused-ring (bicyclic) bond motifs is 2. The number of rotatable bonds is 5. The number of imide groups is 1. The number of carbonyl (C=O) groups excluding carboxylic acids is 4. The van der Waals surface area contributed by atoms with E-state index in [9.17, 15) is 19.2 Å². The van der Waals surface area contributed by atoms with E-state index in [-0.39, 0.29) is 30.7 Å². The topological polar surface area (TPSA) is 134 Å². The van der Waals surface area contributed by atoms with Crippen LogP contribution in [0.15, 0.2) is 40.8 Å². The van der Waals surface area contributed by atoms with Gasteiger partial charge in [0.2, 0.25) is 5.91 Å². The quantitative estimate of drug-likeness (QED) is 0.524. The molecule has 1 atom stereocenters. The zero-order valence-electron chi connectivity index (χ0n) is 19.5. The van der Waals surface area contributed by atoms with Crippen LogP contribution in [0.25, 0.3) is 11.1 Å². The highest BCUT2D eigenvalue weighted by Crippen LogP contribution is 2.35. The van der Waals surface area contributed by atoms with Crippen molar-refractivity contribution in [2.45, 2.75) is 31.3 Å². The molecule has 0 spiro atoms. The standard InChI is InChI=1S/C25H23N5O6/c1-35-15-6-5-14-12-29(22(32)16(14)10-15)13-25(23(33)27-24(34)28-25)19-11-17-18(36-19)7-8-20(26-17)30-9-3-2-4-21(30)31/h5-8,10-11H,2-4,9,12-13H2,1H3,(H2,27,28,33,34). The number of nitrogens with zero attached hydrogens (tertiary/aromatic N) is 3. The van der Waals surface area contributed by atoms with Crippen molar-refractivity contribution < 1.29 is 28.3 Å². The average Bonchev–Trinajstić information content (AvgIpc) is 3.52. The second-order valence-corrected chi connectivity index (χ2v) is 9.16. The predicted molar refractivity (Wildman–Crippen MR) is 126 cm³/mol. The summed E-state index contributed by atoms with van der Waals surface area (Å²) in [4.78, 5) is 58.6. The molecule has 5 amide bonds. The van der Waals surface area contributed by atoms with Crippen molar-refractivity contribution in [1.82, 2.24) is 20.5 Å². The second kappa shape index (κ2) is 8.08. The number of piperidine rings is 1. The molecule has 0 aliphatic carbocycles. The molecule has 2 aromatic heterocycles. The van der Waals surface area contributed by atoms with Gasteiger partial charge in [-0.15, -0.1) is 0 Å². The van der Waals surface area contributed by atoms with Crippen molar-refractivity contribution in [2.75, 3.05) is 25.1 Å². The highest BCUT2D eigenvalue weighted by Gasteiger charge is 2.53. The first kappa shape index (κ1) is 22.1. The van der Waals surface area contributed by atoms with Crippen LogP contribution in [0.1, 0.15) is 40.9 Å². The summed E-state index contributed by atoms with van der Waals surface area (Å²) < 4.78 is 11.2. The summed E-state index contributed by atoms with van der Waals surface area (Å²) in [6.45, 7) is 0.716. The van der Waals surface area contributed by atoms with Gasteiger partial charge in [-0.25, -0.2) is 9.78 Å². The largest absolute Gasteiger partial charge is 0.497 e. The SMILES string of the molecule is COc1ccc2c(c1)C(=O)N(CC1(c3cc4nc(N5CCCCC5=O)ccc4o3)NC(=O)NC1=O)C2. The van der Waals surface area contributed by atoms with Gasteiger partial charge in [-0.1, -0.05) is 6.07 Å². The molecule has 1 unspecified atom stereocenters. The molecule has 3 aromatic rings. The monoisotopic (exact) mass is 489 g/mol. The Kier molecular flexibility index (Phi) is 4.95. The van der Waals surface area contributed by atoms with Crippen LogP contribution in [0, 0.1) is 0 Å². The van der Waals surface area contributed by atoms with Crippen LogP contribution in [-0.4, -0.2) is 53.8 Å². The zero-order valence-corrected chi connectivity index (χ0v) is 19.5. The lowest BCUT2D eigenvalue weighted by Crippen LogP contribution is -2.52. The number of benzene rings is 1. The summed E-state index contributed by atoms with van der Waals surface area (Å²) >= 11 is 0. The lowest BCUT2D eigenvalue weighted by molar-refractivity contribution is -0.125. The van der Waals surface area contributed by atoms with E-state index >= 15 is 0 Å². The van der Waals surface area contributed by atoms with Crippen molar-refractivity contribution in [3.05, 3.63) is 53.3 Å². The molecule has 0 bridgehead atoms. The molecule has 2 fully saturated rings. The smallest absolute Gasteiger partial charge is 0.322 e. The number of furan rings is 1. The Labute approximate surface area is 205 Å². The second-order valence-electron chi connectivity index (χ2n) is 9.16. The number of amides is 5. The molecule has 0 radical (unpaired) electrons. The van der Waals surface area contributed by atoms with E-state index in [0.717, 1.165) is 18.4 Å². The van der Waals surface area contributed by atoms with Gasteiger partial charge in [-0.05, 0) is 42.7 Å². The lowest BCUT2D eigenvalue weighted by atomic mass is 9.95. The Morgan fingerprint density at radius 2 is 1.97 bits per heavy atom. The first-order valence-electron chi connectivity index (χ1n) is 11.7. The minimum absolute atomic E-state index is 0.0134. The lowest BCUT2D eigenvalue weighted by Gasteiger charge is -2.28. The molecule has 6 rings (SSSR count). The maximum absolute atomic E-state index is 13.2. The summed E-state index contributed by atoms with van der Waals surface area (Å²) in [5.74, 6) is 0.317.